The van der Waals surface area contributed by atoms with Crippen LogP contribution in [0.4, 0.5) is 0 Å². The first-order valence-corrected chi connectivity index (χ1v) is 31.0. The van der Waals surface area contributed by atoms with Gasteiger partial charge < -0.3 is 0 Å². The van der Waals surface area contributed by atoms with Crippen LogP contribution in [0.15, 0.2) is 34.4 Å². The minimum absolute atomic E-state index is 0.150. The van der Waals surface area contributed by atoms with E-state index in [0.717, 1.165) is 42.9 Å². The number of azo groups is 1. The molecule has 0 radical (unpaired) electrons. The topological polar surface area (TPSA) is 86.1 Å². The molecular weight excluding hydrogens is 1040 g/mol. The van der Waals surface area contributed by atoms with Crippen LogP contribution in [0.3, 0.4) is 0 Å². The molecule has 9 rings (SSSR count). The lowest BCUT2D eigenvalue weighted by Crippen LogP contribution is -2.10. The standard InChI is InChI=1S/C27H36N2.2C25H33N3/c1-14-16(3)20(7)26(21(8)17(14)4)12-24-11-25(29-28-24)13-27-22(9)18(5)15(2)19(6)23(27)10;1-13-15(3)19(7)23(20(8)16(13)4)11-28-12-24(26-27-28)25-21(9)17(5)14(2)18(6)22(25)10;1-13-15(3)19(7)24(20(8)16(13)4)11-23-12-28(27-26-23)25-21(9)17(5)14(2)18(6)22(25)10/h11,24H,12-13H2,1-10H3;2*12H,11H2,1-10H3. The van der Waals surface area contributed by atoms with Gasteiger partial charge in [0.25, 0.3) is 0 Å². The zero-order chi connectivity index (χ0) is 63.4. The van der Waals surface area contributed by atoms with Gasteiger partial charge in [-0.25, -0.2) is 9.36 Å². The number of hydrogen-bond acceptors (Lipinski definition) is 6. The van der Waals surface area contributed by atoms with Crippen LogP contribution in [0.1, 0.15) is 195 Å². The number of benzene rings is 6. The first-order valence-electron chi connectivity index (χ1n) is 31.0. The lowest BCUT2D eigenvalue weighted by Gasteiger charge is -2.19. The van der Waals surface area contributed by atoms with Gasteiger partial charge in [0.15, 0.2) is 0 Å². The maximum atomic E-state index is 4.63. The molecule has 0 aliphatic carbocycles. The van der Waals surface area contributed by atoms with Crippen LogP contribution in [-0.2, 0) is 25.8 Å². The Balaban J connectivity index is 0.000000183. The van der Waals surface area contributed by atoms with Crippen molar-refractivity contribution in [3.63, 3.8) is 0 Å². The molecule has 0 spiro atoms. The molecule has 8 heteroatoms. The van der Waals surface area contributed by atoms with Crippen molar-refractivity contribution in [3.05, 3.63) is 219 Å². The summed E-state index contributed by atoms with van der Waals surface area (Å²) in [5.41, 5.74) is 52.4. The Hall–Kier alpha value is -7.06. The van der Waals surface area contributed by atoms with Gasteiger partial charge in [0, 0.05) is 24.8 Å². The number of nitrogens with zero attached hydrogens (tertiary/aromatic N) is 8. The van der Waals surface area contributed by atoms with Crippen LogP contribution in [0.25, 0.3) is 16.9 Å². The molecule has 6 aromatic carbocycles. The lowest BCUT2D eigenvalue weighted by molar-refractivity contribution is 0.644. The molecule has 1 aliphatic heterocycles. The van der Waals surface area contributed by atoms with Gasteiger partial charge in [-0.3, -0.25) is 0 Å². The van der Waals surface area contributed by atoms with E-state index in [2.05, 4.69) is 257 Å². The SMILES string of the molecule is Cc1c(C)c(C)c(CC2=CC(Cc3c(C)c(C)c(C)c(C)c3C)N=N2)c(C)c1C.Cc1c(C)c(C)c(Cc2cn(-c3c(C)c(C)c(C)c(C)c3C)nn2)c(C)c1C.Cc1c(C)c(C)c(Cn2cc(-c3c(C)c(C)c(C)c(C)c3C)nn2)c(C)c1C. The molecule has 85 heavy (non-hydrogen) atoms. The minimum atomic E-state index is 0.150. The fraction of sp³-hybridized carbons (Fsp3) is 0.455. The predicted octanol–water partition coefficient (Wildman–Crippen LogP) is 19.3. The van der Waals surface area contributed by atoms with E-state index in [1.165, 1.54) is 200 Å². The van der Waals surface area contributed by atoms with Crippen LogP contribution in [0, 0.1) is 208 Å². The average molecular weight is 1140 g/mol. The molecule has 2 aromatic heterocycles. The molecule has 1 atom stereocenters. The molecule has 0 bridgehead atoms. The van der Waals surface area contributed by atoms with E-state index in [1.807, 2.05) is 9.36 Å². The van der Waals surface area contributed by atoms with Crippen molar-refractivity contribution in [2.24, 2.45) is 10.2 Å². The molecule has 3 heterocycles. The summed E-state index contributed by atoms with van der Waals surface area (Å²) in [7, 11) is 0. The monoisotopic (exact) mass is 1140 g/mol. The van der Waals surface area contributed by atoms with Gasteiger partial charge in [-0.05, 0) is 403 Å². The van der Waals surface area contributed by atoms with Crippen LogP contribution in [0.5, 0.6) is 0 Å². The summed E-state index contributed by atoms with van der Waals surface area (Å²) < 4.78 is 3.96. The molecule has 0 fully saturated rings. The maximum absolute atomic E-state index is 4.63. The molecule has 8 aromatic rings. The second kappa shape index (κ2) is 25.5. The largest absolute Gasteiger partial charge is 0.247 e. The Morgan fingerprint density at radius 1 is 0.318 bits per heavy atom. The van der Waals surface area contributed by atoms with Gasteiger partial charge in [0.2, 0.25) is 0 Å². The summed E-state index contributed by atoms with van der Waals surface area (Å²) in [4.78, 5) is 0. The van der Waals surface area contributed by atoms with E-state index in [-0.39, 0.29) is 6.04 Å². The van der Waals surface area contributed by atoms with Crippen molar-refractivity contribution >= 4 is 0 Å². The zero-order valence-corrected chi connectivity index (χ0v) is 58.2. The summed E-state index contributed by atoms with van der Waals surface area (Å²) in [5, 5.41) is 27.3. The van der Waals surface area contributed by atoms with Crippen molar-refractivity contribution < 1.29 is 0 Å². The highest BCUT2D eigenvalue weighted by molar-refractivity contribution is 5.71. The van der Waals surface area contributed by atoms with E-state index in [1.54, 1.807) is 0 Å². The van der Waals surface area contributed by atoms with Crippen LogP contribution in [0.2, 0.25) is 0 Å². The van der Waals surface area contributed by atoms with E-state index in [4.69, 9.17) is 0 Å². The van der Waals surface area contributed by atoms with Crippen molar-refractivity contribution in [1.29, 1.82) is 0 Å². The van der Waals surface area contributed by atoms with E-state index >= 15 is 0 Å². The zero-order valence-electron chi connectivity index (χ0n) is 58.2. The summed E-state index contributed by atoms with van der Waals surface area (Å²) in [6, 6.07) is 0.150. The molecule has 0 saturated heterocycles. The Bertz CT molecular complexity index is 3700. The van der Waals surface area contributed by atoms with Crippen molar-refractivity contribution in [2.75, 3.05) is 0 Å². The number of hydrogen-bond donors (Lipinski definition) is 0. The second-order valence-electron chi connectivity index (χ2n) is 25.8. The molecule has 0 N–H and O–H groups in total. The Kier molecular flexibility index (Phi) is 19.6. The van der Waals surface area contributed by atoms with Crippen LogP contribution < -0.4 is 0 Å². The summed E-state index contributed by atoms with van der Waals surface area (Å²) in [5.74, 6) is 0. The fourth-order valence-corrected chi connectivity index (χ4v) is 13.4. The van der Waals surface area contributed by atoms with Crippen molar-refractivity contribution in [1.82, 2.24) is 30.0 Å². The normalized spacial score (nSPS) is 12.9. The first-order chi connectivity index (χ1) is 39.7. The van der Waals surface area contributed by atoms with E-state index in [9.17, 15) is 0 Å². The van der Waals surface area contributed by atoms with Gasteiger partial charge in [0.05, 0.1) is 42.1 Å². The highest BCUT2D eigenvalue weighted by Crippen LogP contribution is 2.36. The molecule has 0 amide bonds. The maximum Gasteiger partial charge on any atom is 0.113 e. The minimum Gasteiger partial charge on any atom is -0.247 e. The summed E-state index contributed by atoms with van der Waals surface area (Å²) in [6.07, 6.45) is 9.13. The number of allylic oxidation sites excluding steroid dienone is 1. The fourth-order valence-electron chi connectivity index (χ4n) is 13.4. The highest BCUT2D eigenvalue weighted by atomic mass is 15.4. The van der Waals surface area contributed by atoms with Crippen molar-refractivity contribution in [2.45, 2.75) is 240 Å². The van der Waals surface area contributed by atoms with Gasteiger partial charge in [0.1, 0.15) is 5.69 Å². The predicted molar refractivity (Wildman–Crippen MR) is 361 cm³/mol. The number of aromatic nitrogens is 6. The lowest BCUT2D eigenvalue weighted by atomic mass is 9.86. The molecule has 0 saturated carbocycles. The highest BCUT2D eigenvalue weighted by Gasteiger charge is 2.23. The van der Waals surface area contributed by atoms with E-state index < -0.39 is 0 Å². The first kappa shape index (κ1) is 65.5. The Morgan fingerprint density at radius 2 is 0.647 bits per heavy atom. The van der Waals surface area contributed by atoms with Crippen LogP contribution >= 0.6 is 0 Å². The average Bonchev–Trinajstić information content (AvgIpc) is 3.82. The number of rotatable bonds is 10. The quantitative estimate of drug-likeness (QED) is 0.137. The molecule has 1 unspecified atom stereocenters. The Labute approximate surface area is 513 Å². The second-order valence-corrected chi connectivity index (χ2v) is 25.8. The third-order valence-electron chi connectivity index (χ3n) is 22.3. The summed E-state index contributed by atoms with van der Waals surface area (Å²) >= 11 is 0. The molecule has 1 aliphatic rings. The van der Waals surface area contributed by atoms with Gasteiger partial charge in [-0.2, -0.15) is 10.2 Å². The third-order valence-corrected chi connectivity index (χ3v) is 22.3. The molecule has 8 nitrogen and oxygen atoms in total. The van der Waals surface area contributed by atoms with Gasteiger partial charge >= 0.3 is 0 Å². The molecular formula is C77H102N8. The third kappa shape index (κ3) is 12.2. The van der Waals surface area contributed by atoms with Crippen molar-refractivity contribution in [3.8, 4) is 16.9 Å². The summed E-state index contributed by atoms with van der Waals surface area (Å²) in [6.45, 7) is 67.4. The smallest absolute Gasteiger partial charge is 0.113 e. The Morgan fingerprint density at radius 3 is 1.05 bits per heavy atom. The van der Waals surface area contributed by atoms with Gasteiger partial charge in [-0.15, -0.1) is 10.2 Å². The van der Waals surface area contributed by atoms with Crippen LogP contribution in [-0.4, -0.2) is 36.0 Å². The molecule has 450 valence electrons. The van der Waals surface area contributed by atoms with Gasteiger partial charge in [-0.1, -0.05) is 10.4 Å². The van der Waals surface area contributed by atoms with E-state index in [0.29, 0.717) is 0 Å².